The summed E-state index contributed by atoms with van der Waals surface area (Å²) in [6.45, 7) is 1.89. The first-order valence-corrected chi connectivity index (χ1v) is 8.22. The summed E-state index contributed by atoms with van der Waals surface area (Å²) >= 11 is 11.9. The first kappa shape index (κ1) is 17.6. The number of carbonyl (C=O) groups excluding carboxylic acids is 1. The molecule has 0 aliphatic carbocycles. The molecule has 0 bridgehead atoms. The van der Waals surface area contributed by atoms with Gasteiger partial charge in [0.25, 0.3) is 5.91 Å². The molecule has 3 nitrogen and oxygen atoms in total. The third kappa shape index (κ3) is 5.77. The number of amides is 1. The molecule has 2 aromatic carbocycles. The van der Waals surface area contributed by atoms with E-state index in [2.05, 4.69) is 17.4 Å². The summed E-state index contributed by atoms with van der Waals surface area (Å²) < 4.78 is 5.41. The molecule has 0 spiro atoms. The van der Waals surface area contributed by atoms with Crippen molar-refractivity contribution in [3.05, 3.63) is 64.1 Å². The summed E-state index contributed by atoms with van der Waals surface area (Å²) in [6, 6.07) is 15.3. The van der Waals surface area contributed by atoms with Gasteiger partial charge in [0.05, 0.1) is 5.02 Å². The molecule has 122 valence electrons. The van der Waals surface area contributed by atoms with E-state index in [1.54, 1.807) is 18.2 Å². The number of ether oxygens (including phenoxy) is 1. The van der Waals surface area contributed by atoms with Gasteiger partial charge in [0.1, 0.15) is 10.8 Å². The van der Waals surface area contributed by atoms with Crippen LogP contribution in [-0.2, 0) is 11.2 Å². The van der Waals surface area contributed by atoms with Crippen LogP contribution in [0.5, 0.6) is 5.75 Å². The summed E-state index contributed by atoms with van der Waals surface area (Å²) in [7, 11) is 0. The van der Waals surface area contributed by atoms with E-state index in [4.69, 9.17) is 27.9 Å². The van der Waals surface area contributed by atoms with Crippen LogP contribution in [0.4, 0.5) is 0 Å². The Labute approximate surface area is 146 Å². The number of aryl methyl sites for hydroxylation is 1. The van der Waals surface area contributed by atoms with Crippen LogP contribution in [0.2, 0.25) is 10.0 Å². The highest BCUT2D eigenvalue weighted by atomic mass is 35.5. The minimum Gasteiger partial charge on any atom is -0.482 e. The molecule has 2 rings (SSSR count). The highest BCUT2D eigenvalue weighted by Gasteiger charge is 2.10. The van der Waals surface area contributed by atoms with Crippen molar-refractivity contribution in [3.8, 4) is 5.75 Å². The predicted octanol–water partition coefficient (Wildman–Crippen LogP) is 4.51. The van der Waals surface area contributed by atoms with Gasteiger partial charge < -0.3 is 10.1 Å². The van der Waals surface area contributed by atoms with Gasteiger partial charge in [-0.1, -0.05) is 59.6 Å². The van der Waals surface area contributed by atoms with Gasteiger partial charge in [-0.05, 0) is 37.5 Å². The molecule has 0 aliphatic rings. The SMILES string of the molecule is C[C@@H](CCc1ccccc1)NC(=O)COc1cccc(Cl)c1Cl. The van der Waals surface area contributed by atoms with Crippen LogP contribution >= 0.6 is 23.2 Å². The smallest absolute Gasteiger partial charge is 0.258 e. The summed E-state index contributed by atoms with van der Waals surface area (Å²) in [4.78, 5) is 11.9. The lowest BCUT2D eigenvalue weighted by Crippen LogP contribution is -2.36. The van der Waals surface area contributed by atoms with Crippen molar-refractivity contribution in [2.24, 2.45) is 0 Å². The number of halogens is 2. The molecule has 0 radical (unpaired) electrons. The lowest BCUT2D eigenvalue weighted by molar-refractivity contribution is -0.123. The number of benzene rings is 2. The van der Waals surface area contributed by atoms with Gasteiger partial charge in [-0.25, -0.2) is 0 Å². The Balaban J connectivity index is 1.74. The van der Waals surface area contributed by atoms with E-state index >= 15 is 0 Å². The molecule has 23 heavy (non-hydrogen) atoms. The monoisotopic (exact) mass is 351 g/mol. The number of carbonyl (C=O) groups is 1. The Kier molecular flexibility index (Phi) is 6.75. The van der Waals surface area contributed by atoms with Crippen molar-refractivity contribution < 1.29 is 9.53 Å². The van der Waals surface area contributed by atoms with E-state index in [9.17, 15) is 4.79 Å². The molecule has 1 N–H and O–H groups in total. The second kappa shape index (κ2) is 8.80. The third-order valence-corrected chi connectivity index (χ3v) is 4.19. The van der Waals surface area contributed by atoms with Crippen LogP contribution in [0.1, 0.15) is 18.9 Å². The first-order valence-electron chi connectivity index (χ1n) is 7.46. The summed E-state index contributed by atoms with van der Waals surface area (Å²) in [6.07, 6.45) is 1.79. The molecule has 0 saturated heterocycles. The maximum absolute atomic E-state index is 11.9. The Morgan fingerprint density at radius 3 is 2.61 bits per heavy atom. The Bertz CT molecular complexity index is 647. The van der Waals surface area contributed by atoms with Gasteiger partial charge in [0, 0.05) is 6.04 Å². The van der Waals surface area contributed by atoms with Gasteiger partial charge in [-0.2, -0.15) is 0 Å². The molecule has 2 aromatic rings. The fourth-order valence-electron chi connectivity index (χ4n) is 2.16. The van der Waals surface area contributed by atoms with Gasteiger partial charge in [0.2, 0.25) is 0 Å². The van der Waals surface area contributed by atoms with Crippen molar-refractivity contribution in [1.82, 2.24) is 5.32 Å². The molecule has 1 amide bonds. The normalized spacial score (nSPS) is 11.8. The molecule has 1 atom stereocenters. The van der Waals surface area contributed by atoms with Crippen LogP contribution in [0.15, 0.2) is 48.5 Å². The average Bonchev–Trinajstić information content (AvgIpc) is 2.55. The second-order valence-corrected chi connectivity index (χ2v) is 6.12. The predicted molar refractivity (Wildman–Crippen MR) is 94.3 cm³/mol. The molecule has 0 heterocycles. The molecule has 0 fully saturated rings. The van der Waals surface area contributed by atoms with E-state index in [-0.39, 0.29) is 18.6 Å². The lowest BCUT2D eigenvalue weighted by atomic mass is 10.1. The molecular weight excluding hydrogens is 333 g/mol. The largest absolute Gasteiger partial charge is 0.482 e. The number of hydrogen-bond donors (Lipinski definition) is 1. The third-order valence-electron chi connectivity index (χ3n) is 3.39. The molecule has 5 heteroatoms. The van der Waals surface area contributed by atoms with Crippen LogP contribution in [-0.4, -0.2) is 18.6 Å². The molecule has 0 aliphatic heterocycles. The van der Waals surface area contributed by atoms with E-state index in [1.807, 2.05) is 25.1 Å². The maximum Gasteiger partial charge on any atom is 0.258 e. The van der Waals surface area contributed by atoms with E-state index in [0.717, 1.165) is 12.8 Å². The van der Waals surface area contributed by atoms with Gasteiger partial charge in [-0.3, -0.25) is 4.79 Å². The van der Waals surface area contributed by atoms with Gasteiger partial charge in [0.15, 0.2) is 6.61 Å². The zero-order chi connectivity index (χ0) is 16.7. The topological polar surface area (TPSA) is 38.3 Å². The minimum atomic E-state index is -0.179. The minimum absolute atomic E-state index is 0.0705. The van der Waals surface area contributed by atoms with Crippen molar-refractivity contribution in [2.45, 2.75) is 25.8 Å². The Morgan fingerprint density at radius 2 is 1.87 bits per heavy atom. The number of hydrogen-bond acceptors (Lipinski definition) is 2. The molecule has 0 unspecified atom stereocenters. The quantitative estimate of drug-likeness (QED) is 0.796. The van der Waals surface area contributed by atoms with Crippen molar-refractivity contribution in [1.29, 1.82) is 0 Å². The standard InChI is InChI=1S/C18H19Cl2NO2/c1-13(10-11-14-6-3-2-4-7-14)21-17(22)12-23-16-9-5-8-15(19)18(16)20/h2-9,13H,10-12H2,1H3,(H,21,22)/t13-/m0/s1. The molecule has 0 saturated carbocycles. The lowest BCUT2D eigenvalue weighted by Gasteiger charge is -2.15. The highest BCUT2D eigenvalue weighted by Crippen LogP contribution is 2.31. The van der Waals surface area contributed by atoms with Gasteiger partial charge in [-0.15, -0.1) is 0 Å². The molecular formula is C18H19Cl2NO2. The summed E-state index contributed by atoms with van der Waals surface area (Å²) in [5, 5.41) is 3.64. The van der Waals surface area contributed by atoms with Crippen molar-refractivity contribution in [2.75, 3.05) is 6.61 Å². The van der Waals surface area contributed by atoms with Crippen LogP contribution in [0.3, 0.4) is 0 Å². The fourth-order valence-corrected chi connectivity index (χ4v) is 2.50. The zero-order valence-electron chi connectivity index (χ0n) is 12.9. The van der Waals surface area contributed by atoms with Crippen LogP contribution in [0.25, 0.3) is 0 Å². The Morgan fingerprint density at radius 1 is 1.13 bits per heavy atom. The first-order chi connectivity index (χ1) is 11.1. The van der Waals surface area contributed by atoms with E-state index in [1.165, 1.54) is 5.56 Å². The number of rotatable bonds is 7. The fraction of sp³-hybridized carbons (Fsp3) is 0.278. The number of nitrogens with one attached hydrogen (secondary N) is 1. The van der Waals surface area contributed by atoms with Crippen LogP contribution < -0.4 is 10.1 Å². The maximum atomic E-state index is 11.9. The highest BCUT2D eigenvalue weighted by molar-refractivity contribution is 6.42. The van der Waals surface area contributed by atoms with E-state index in [0.29, 0.717) is 15.8 Å². The van der Waals surface area contributed by atoms with Crippen molar-refractivity contribution >= 4 is 29.1 Å². The summed E-state index contributed by atoms with van der Waals surface area (Å²) in [5.41, 5.74) is 1.26. The Hall–Kier alpha value is -1.71. The molecule has 0 aromatic heterocycles. The van der Waals surface area contributed by atoms with Gasteiger partial charge >= 0.3 is 0 Å². The second-order valence-electron chi connectivity index (χ2n) is 5.33. The van der Waals surface area contributed by atoms with E-state index < -0.39 is 0 Å². The average molecular weight is 352 g/mol. The summed E-state index contributed by atoms with van der Waals surface area (Å²) in [5.74, 6) is 0.229. The zero-order valence-corrected chi connectivity index (χ0v) is 14.4. The van der Waals surface area contributed by atoms with Crippen LogP contribution in [0, 0.1) is 0 Å². The van der Waals surface area contributed by atoms with Crippen molar-refractivity contribution in [3.63, 3.8) is 0 Å².